The Hall–Kier alpha value is -1.54. The molecule has 8 heteroatoms. The van der Waals surface area contributed by atoms with Crippen molar-refractivity contribution in [1.82, 2.24) is 4.98 Å². The van der Waals surface area contributed by atoms with E-state index in [1.165, 1.54) is 18.3 Å². The van der Waals surface area contributed by atoms with Crippen molar-refractivity contribution >= 4 is 31.6 Å². The van der Waals surface area contributed by atoms with E-state index >= 15 is 0 Å². The predicted molar refractivity (Wildman–Crippen MR) is 69.1 cm³/mol. The zero-order valence-corrected chi connectivity index (χ0v) is 11.7. The van der Waals surface area contributed by atoms with E-state index in [2.05, 4.69) is 25.6 Å². The second kappa shape index (κ2) is 5.22. The Morgan fingerprint density at radius 2 is 1.74 bits per heavy atom. The number of nitrogens with one attached hydrogen (secondary N) is 1. The van der Waals surface area contributed by atoms with Crippen LogP contribution in [0, 0.1) is 11.6 Å². The van der Waals surface area contributed by atoms with Crippen molar-refractivity contribution in [2.24, 2.45) is 0 Å². The summed E-state index contributed by atoms with van der Waals surface area (Å²) >= 11 is 3.12. The monoisotopic (exact) mass is 348 g/mol. The third kappa shape index (κ3) is 3.48. The van der Waals surface area contributed by atoms with E-state index in [1.807, 2.05) is 0 Å². The lowest BCUT2D eigenvalue weighted by Gasteiger charge is -2.07. The van der Waals surface area contributed by atoms with Crippen LogP contribution in [0.1, 0.15) is 0 Å². The smallest absolute Gasteiger partial charge is 0.278 e. The van der Waals surface area contributed by atoms with E-state index in [1.54, 1.807) is 0 Å². The normalized spacial score (nSPS) is 11.3. The van der Waals surface area contributed by atoms with Crippen LogP contribution in [0.15, 0.2) is 46.0 Å². The molecule has 0 bridgehead atoms. The summed E-state index contributed by atoms with van der Waals surface area (Å²) in [6.07, 6.45) is 1.31. The Labute approximate surface area is 116 Å². The first kappa shape index (κ1) is 13.9. The molecule has 0 radical (unpaired) electrons. The summed E-state index contributed by atoms with van der Waals surface area (Å²) in [5, 5.41) is -0.250. The maximum Gasteiger partial charge on any atom is 0.279 e. The Balaban J connectivity index is 2.33. The van der Waals surface area contributed by atoms with Gasteiger partial charge in [0.1, 0.15) is 11.6 Å². The van der Waals surface area contributed by atoms with Gasteiger partial charge in [-0.2, -0.15) is 8.42 Å². The van der Waals surface area contributed by atoms with Gasteiger partial charge in [-0.3, -0.25) is 4.72 Å². The van der Waals surface area contributed by atoms with Gasteiger partial charge in [0.2, 0.25) is 0 Å². The fourth-order valence-corrected chi connectivity index (χ4v) is 2.55. The van der Waals surface area contributed by atoms with Crippen molar-refractivity contribution in [3.05, 3.63) is 52.6 Å². The molecule has 19 heavy (non-hydrogen) atoms. The maximum atomic E-state index is 13.0. The average Bonchev–Trinajstić information content (AvgIpc) is 2.27. The molecular weight excluding hydrogens is 342 g/mol. The van der Waals surface area contributed by atoms with Gasteiger partial charge in [0.15, 0.2) is 5.03 Å². The minimum atomic E-state index is -3.98. The maximum absolute atomic E-state index is 13.0. The lowest BCUT2D eigenvalue weighted by atomic mass is 10.3. The first-order chi connectivity index (χ1) is 8.87. The number of rotatable bonds is 3. The number of benzene rings is 1. The molecular formula is C11H7BrF2N2O2S. The summed E-state index contributed by atoms with van der Waals surface area (Å²) in [5.74, 6) is -1.75. The lowest BCUT2D eigenvalue weighted by Crippen LogP contribution is -2.14. The van der Waals surface area contributed by atoms with Crippen LogP contribution in [-0.4, -0.2) is 13.4 Å². The standard InChI is InChI=1S/C11H7BrF2N2O2S/c12-7-1-2-11(15-6-7)19(17,18)16-10-4-8(13)3-9(14)5-10/h1-6,16H. The summed E-state index contributed by atoms with van der Waals surface area (Å²) in [6.45, 7) is 0. The van der Waals surface area contributed by atoms with Gasteiger partial charge < -0.3 is 0 Å². The number of pyridine rings is 1. The zero-order chi connectivity index (χ0) is 14.0. The summed E-state index contributed by atoms with van der Waals surface area (Å²) in [7, 11) is -3.98. The van der Waals surface area contributed by atoms with Crippen LogP contribution >= 0.6 is 15.9 Å². The molecule has 0 spiro atoms. The number of sulfonamides is 1. The van der Waals surface area contributed by atoms with Crippen LogP contribution in [0.3, 0.4) is 0 Å². The van der Waals surface area contributed by atoms with E-state index < -0.39 is 21.7 Å². The van der Waals surface area contributed by atoms with Crippen molar-refractivity contribution in [2.45, 2.75) is 5.03 Å². The number of aromatic nitrogens is 1. The molecule has 0 atom stereocenters. The predicted octanol–water partition coefficient (Wildman–Crippen LogP) is 2.92. The fraction of sp³-hybridized carbons (Fsp3) is 0. The molecule has 0 aliphatic carbocycles. The van der Waals surface area contributed by atoms with Crippen LogP contribution in [0.2, 0.25) is 0 Å². The van der Waals surface area contributed by atoms with Gasteiger partial charge in [-0.1, -0.05) is 0 Å². The second-order valence-electron chi connectivity index (χ2n) is 3.58. The SMILES string of the molecule is O=S(=O)(Nc1cc(F)cc(F)c1)c1ccc(Br)cn1. The molecule has 1 aromatic heterocycles. The van der Waals surface area contributed by atoms with Crippen molar-refractivity contribution in [2.75, 3.05) is 4.72 Å². The molecule has 1 N–H and O–H groups in total. The Morgan fingerprint density at radius 1 is 1.11 bits per heavy atom. The third-order valence-electron chi connectivity index (χ3n) is 2.09. The van der Waals surface area contributed by atoms with Gasteiger partial charge >= 0.3 is 0 Å². The minimum Gasteiger partial charge on any atom is -0.278 e. The number of hydrogen-bond acceptors (Lipinski definition) is 3. The molecule has 0 unspecified atom stereocenters. The number of anilines is 1. The third-order valence-corrected chi connectivity index (χ3v) is 3.86. The van der Waals surface area contributed by atoms with Gasteiger partial charge in [-0.05, 0) is 40.2 Å². The largest absolute Gasteiger partial charge is 0.279 e. The average molecular weight is 349 g/mol. The highest BCUT2D eigenvalue weighted by atomic mass is 79.9. The first-order valence-electron chi connectivity index (χ1n) is 4.97. The Bertz CT molecular complexity index is 685. The molecule has 100 valence electrons. The Kier molecular flexibility index (Phi) is 3.81. The van der Waals surface area contributed by atoms with E-state index in [9.17, 15) is 17.2 Å². The molecule has 1 aromatic carbocycles. The number of halogens is 3. The zero-order valence-electron chi connectivity index (χ0n) is 9.27. The molecule has 2 aromatic rings. The van der Waals surface area contributed by atoms with Crippen molar-refractivity contribution in [3.8, 4) is 0 Å². The second-order valence-corrected chi connectivity index (χ2v) is 6.12. The van der Waals surface area contributed by atoms with Crippen molar-refractivity contribution in [3.63, 3.8) is 0 Å². The number of hydrogen-bond donors (Lipinski definition) is 1. The molecule has 0 saturated heterocycles. The van der Waals surface area contributed by atoms with Gasteiger partial charge in [-0.25, -0.2) is 13.8 Å². The van der Waals surface area contributed by atoms with Crippen LogP contribution < -0.4 is 4.72 Å². The van der Waals surface area contributed by atoms with Crippen molar-refractivity contribution in [1.29, 1.82) is 0 Å². The van der Waals surface area contributed by atoms with Gasteiger partial charge in [0, 0.05) is 16.7 Å². The van der Waals surface area contributed by atoms with Crippen LogP contribution in [0.5, 0.6) is 0 Å². The molecule has 0 aliphatic rings. The lowest BCUT2D eigenvalue weighted by molar-refractivity contribution is 0.584. The van der Waals surface area contributed by atoms with Crippen LogP contribution in [-0.2, 0) is 10.0 Å². The molecule has 4 nitrogen and oxygen atoms in total. The first-order valence-corrected chi connectivity index (χ1v) is 7.25. The topological polar surface area (TPSA) is 59.1 Å². The molecule has 0 aliphatic heterocycles. The molecule has 0 saturated carbocycles. The van der Waals surface area contributed by atoms with Gasteiger partial charge in [0.05, 0.1) is 5.69 Å². The summed E-state index contributed by atoms with van der Waals surface area (Å²) in [5.41, 5.74) is -0.206. The molecule has 2 rings (SSSR count). The van der Waals surface area contributed by atoms with Gasteiger partial charge in [0.25, 0.3) is 10.0 Å². The van der Waals surface area contributed by atoms with Crippen LogP contribution in [0.25, 0.3) is 0 Å². The quantitative estimate of drug-likeness (QED) is 0.927. The highest BCUT2D eigenvalue weighted by Gasteiger charge is 2.16. The molecule has 0 amide bonds. The van der Waals surface area contributed by atoms with Gasteiger partial charge in [-0.15, -0.1) is 0 Å². The fourth-order valence-electron chi connectivity index (χ4n) is 1.34. The number of nitrogens with zero attached hydrogens (tertiary/aromatic N) is 1. The molecule has 1 heterocycles. The minimum absolute atomic E-state index is 0.206. The highest BCUT2D eigenvalue weighted by molar-refractivity contribution is 9.10. The van der Waals surface area contributed by atoms with E-state index in [4.69, 9.17) is 0 Å². The van der Waals surface area contributed by atoms with E-state index in [0.29, 0.717) is 10.5 Å². The van der Waals surface area contributed by atoms with Crippen molar-refractivity contribution < 1.29 is 17.2 Å². The summed E-state index contributed by atoms with van der Waals surface area (Å²) < 4.78 is 52.4. The molecule has 0 fully saturated rings. The Morgan fingerprint density at radius 3 is 2.26 bits per heavy atom. The summed E-state index contributed by atoms with van der Waals surface area (Å²) in [4.78, 5) is 3.71. The van der Waals surface area contributed by atoms with E-state index in [0.717, 1.165) is 12.1 Å². The summed E-state index contributed by atoms with van der Waals surface area (Å²) in [6, 6.07) is 5.16. The van der Waals surface area contributed by atoms with E-state index in [-0.39, 0.29) is 10.7 Å². The van der Waals surface area contributed by atoms with Crippen LogP contribution in [0.4, 0.5) is 14.5 Å². The highest BCUT2D eigenvalue weighted by Crippen LogP contribution is 2.18.